The maximum Gasteiger partial charge on any atom is 0.410 e. The molecule has 74 heavy (non-hydrogen) atoms. The molecule has 0 radical (unpaired) electrons. The first-order valence-corrected chi connectivity index (χ1v) is 25.5. The first-order chi connectivity index (χ1) is 34.7. The Morgan fingerprint density at radius 2 is 1.24 bits per heavy atom. The quantitative estimate of drug-likeness (QED) is 0.0689. The minimum Gasteiger partial charge on any atom is -0.460 e. The predicted molar refractivity (Wildman–Crippen MR) is 275 cm³/mol. The smallest absolute Gasteiger partial charge is 0.410 e. The second-order valence-electron chi connectivity index (χ2n) is 20.0. The van der Waals surface area contributed by atoms with E-state index < -0.39 is 89.9 Å². The Bertz CT molecular complexity index is 2660. The lowest BCUT2D eigenvalue weighted by molar-refractivity contribution is -0.150. The number of fused-ring (bicyclic) bond motifs is 2. The van der Waals surface area contributed by atoms with Gasteiger partial charge in [-0.1, -0.05) is 37.0 Å². The normalized spacial score (nSPS) is 20.2. The number of benzene rings is 2. The number of methoxy groups -OCH3 is 2. The van der Waals surface area contributed by atoms with Crippen molar-refractivity contribution in [3.63, 3.8) is 0 Å². The summed E-state index contributed by atoms with van der Waals surface area (Å²) in [5.74, 6) is -3.10. The van der Waals surface area contributed by atoms with Crippen molar-refractivity contribution in [3.8, 4) is 0 Å². The highest BCUT2D eigenvalue weighted by atomic mass is 35.5. The molecule has 0 aliphatic carbocycles. The molecule has 22 heteroatoms. The third-order valence-electron chi connectivity index (χ3n) is 13.8. The van der Waals surface area contributed by atoms with Crippen molar-refractivity contribution in [2.24, 2.45) is 5.92 Å². The van der Waals surface area contributed by atoms with Crippen LogP contribution in [0.3, 0.4) is 0 Å². The number of aliphatic hydroxyl groups excluding tert-OH is 1. The number of carbonyl (C=O) groups excluding carboxylic acids is 6. The number of esters is 1. The highest BCUT2D eigenvalue weighted by Gasteiger charge is 2.45. The van der Waals surface area contributed by atoms with Gasteiger partial charge in [-0.2, -0.15) is 0 Å². The SMILES string of the molecule is CC[C@@H](C)C(=O)N[C@H](C(=O)N1CC[C@H](O)[C@H]1Cc1c(Cl)[nH]c2cc(F)ccc12)[C@@H](C)OC.CO[C@H](C)[C@H](NC(=O)[C@H](C)N(C)C(=O)OC(C)(C)C)C(=O)N1CC[C@H](OC(C)=O)[C@H]1Cc1c(Cl)[nH]c2cc(F)ccc12. The van der Waals surface area contributed by atoms with Gasteiger partial charge < -0.3 is 54.5 Å². The Hall–Kier alpha value is -5.54. The summed E-state index contributed by atoms with van der Waals surface area (Å²) < 4.78 is 49.2. The van der Waals surface area contributed by atoms with E-state index in [0.717, 1.165) is 10.3 Å². The number of ether oxygens (including phenoxy) is 4. The number of carbonyl (C=O) groups is 6. The summed E-state index contributed by atoms with van der Waals surface area (Å²) in [6.07, 6.45) is -1.43. The van der Waals surface area contributed by atoms with Crippen LogP contribution in [0.25, 0.3) is 21.8 Å². The van der Waals surface area contributed by atoms with Gasteiger partial charge in [-0.3, -0.25) is 28.9 Å². The van der Waals surface area contributed by atoms with Crippen molar-refractivity contribution in [3.05, 3.63) is 69.5 Å². The summed E-state index contributed by atoms with van der Waals surface area (Å²) >= 11 is 12.9. The maximum atomic E-state index is 14.1. The van der Waals surface area contributed by atoms with E-state index in [1.165, 1.54) is 59.4 Å². The molecule has 2 saturated heterocycles. The maximum absolute atomic E-state index is 14.1. The molecular formula is C52H71Cl2F2N7O11. The van der Waals surface area contributed by atoms with Gasteiger partial charge in [-0.05, 0) is 108 Å². The number of aromatic amines is 2. The van der Waals surface area contributed by atoms with E-state index in [1.807, 2.05) is 6.92 Å². The van der Waals surface area contributed by atoms with Crippen LogP contribution in [-0.4, -0.2) is 160 Å². The number of likely N-dealkylation sites (tertiary alicyclic amines) is 2. The fourth-order valence-corrected chi connectivity index (χ4v) is 9.63. The zero-order valence-electron chi connectivity index (χ0n) is 44.1. The average Bonchev–Trinajstić information content (AvgIpc) is 4.09. The van der Waals surface area contributed by atoms with Gasteiger partial charge in [0.05, 0.1) is 30.4 Å². The standard InChI is InChI=1S/C29H40ClFN4O7.C23H31ClFN3O4/c1-15(34(7)28(39)42-29(4,5)6)26(37)33-24(16(2)40-8)27(38)35-12-11-23(41-17(3)36)22(35)14-20-19-10-9-18(31)13-21(19)32-25(20)30;1-5-12(2)22(30)27-20(13(3)32-4)23(31)28-9-8-19(29)18(28)11-16-15-7-6-14(25)10-17(15)26-21(16)24/h9-10,13,15-16,22-24,32H,11-12,14H2,1-8H3,(H,33,37);6-7,10,12-13,18-20,26,29H,5,8-9,11H2,1-4H3,(H,27,30)/t15-,16+,22+,23-,24-;12-,13-,18-,19+,20+/m01/s1. The molecule has 408 valence electrons. The van der Waals surface area contributed by atoms with E-state index in [9.17, 15) is 42.7 Å². The molecule has 2 aromatic carbocycles. The summed E-state index contributed by atoms with van der Waals surface area (Å²) in [7, 11) is 4.34. The Balaban J connectivity index is 0.000000284. The van der Waals surface area contributed by atoms with Gasteiger partial charge in [0.2, 0.25) is 23.6 Å². The van der Waals surface area contributed by atoms with E-state index in [0.29, 0.717) is 64.9 Å². The van der Waals surface area contributed by atoms with Crippen molar-refractivity contribution in [1.29, 1.82) is 0 Å². The van der Waals surface area contributed by atoms with Crippen molar-refractivity contribution in [2.75, 3.05) is 34.4 Å². The largest absolute Gasteiger partial charge is 0.460 e. The lowest BCUT2D eigenvalue weighted by Gasteiger charge is -2.34. The zero-order valence-corrected chi connectivity index (χ0v) is 45.6. The number of halogens is 4. The monoisotopic (exact) mass is 1080 g/mol. The number of nitrogens with one attached hydrogen (secondary N) is 4. The molecule has 5 N–H and O–H groups in total. The van der Waals surface area contributed by atoms with Crippen molar-refractivity contribution >= 4 is 80.7 Å². The molecule has 2 fully saturated rings. The second kappa shape index (κ2) is 25.3. The Morgan fingerprint density at radius 3 is 1.70 bits per heavy atom. The van der Waals surface area contributed by atoms with Crippen LogP contribution >= 0.6 is 23.2 Å². The first kappa shape index (κ1) is 59.3. The van der Waals surface area contributed by atoms with Gasteiger partial charge in [0.15, 0.2) is 0 Å². The number of likely N-dealkylation sites (N-methyl/N-ethyl adjacent to an activating group) is 1. The topological polar surface area (TPSA) is 225 Å². The van der Waals surface area contributed by atoms with Gasteiger partial charge in [0.25, 0.3) is 0 Å². The van der Waals surface area contributed by atoms with Gasteiger partial charge >= 0.3 is 12.1 Å². The van der Waals surface area contributed by atoms with Crippen molar-refractivity contribution in [2.45, 2.75) is 155 Å². The molecule has 4 aromatic rings. The predicted octanol–water partition coefficient (Wildman–Crippen LogP) is 6.84. The van der Waals surface area contributed by atoms with Crippen molar-refractivity contribution < 1.29 is 61.6 Å². The van der Waals surface area contributed by atoms with Gasteiger partial charge in [0.1, 0.15) is 51.8 Å². The molecule has 2 aromatic heterocycles. The number of aliphatic hydroxyl groups is 1. The number of hydrogen-bond acceptors (Lipinski definition) is 11. The van der Waals surface area contributed by atoms with E-state index in [1.54, 1.807) is 63.5 Å². The third-order valence-corrected chi connectivity index (χ3v) is 14.5. The van der Waals surface area contributed by atoms with E-state index in [4.69, 9.17) is 42.1 Å². The van der Waals surface area contributed by atoms with Crippen LogP contribution in [0.2, 0.25) is 10.3 Å². The molecule has 0 saturated carbocycles. The molecule has 0 spiro atoms. The molecule has 4 heterocycles. The summed E-state index contributed by atoms with van der Waals surface area (Å²) in [6.45, 7) is 15.6. The minimum absolute atomic E-state index is 0.202. The van der Waals surface area contributed by atoms with Crippen LogP contribution in [0.5, 0.6) is 0 Å². The number of nitrogens with zero attached hydrogens (tertiary/aromatic N) is 3. The Kier molecular flexibility index (Phi) is 20.3. The number of aromatic nitrogens is 2. The first-order valence-electron chi connectivity index (χ1n) is 24.7. The summed E-state index contributed by atoms with van der Waals surface area (Å²) in [5.41, 5.74) is 1.65. The highest BCUT2D eigenvalue weighted by molar-refractivity contribution is 6.32. The Labute approximate surface area is 440 Å². The fraction of sp³-hybridized carbons (Fsp3) is 0.577. The number of rotatable bonds is 17. The van der Waals surface area contributed by atoms with Crippen LogP contribution in [0.1, 0.15) is 92.7 Å². The number of amides is 5. The molecular weight excluding hydrogens is 1010 g/mol. The van der Waals surface area contributed by atoms with Crippen LogP contribution in [0.15, 0.2) is 36.4 Å². The highest BCUT2D eigenvalue weighted by Crippen LogP contribution is 2.34. The van der Waals surface area contributed by atoms with Crippen LogP contribution in [0.4, 0.5) is 13.6 Å². The average molecular weight is 1080 g/mol. The fourth-order valence-electron chi connectivity index (χ4n) is 9.07. The van der Waals surface area contributed by atoms with Crippen LogP contribution in [0, 0.1) is 17.6 Å². The Morgan fingerprint density at radius 1 is 0.784 bits per heavy atom. The van der Waals surface area contributed by atoms with E-state index >= 15 is 0 Å². The van der Waals surface area contributed by atoms with Gasteiger partial charge in [0, 0.05) is 81.8 Å². The summed E-state index contributed by atoms with van der Waals surface area (Å²) in [6, 6.07) is 4.47. The van der Waals surface area contributed by atoms with Crippen LogP contribution < -0.4 is 10.6 Å². The molecule has 10 atom stereocenters. The molecule has 0 bridgehead atoms. The summed E-state index contributed by atoms with van der Waals surface area (Å²) in [4.78, 5) is 88.0. The lowest BCUT2D eigenvalue weighted by Crippen LogP contribution is -2.59. The molecule has 2 aliphatic rings. The van der Waals surface area contributed by atoms with E-state index in [-0.39, 0.29) is 41.7 Å². The molecule has 0 unspecified atom stereocenters. The molecule has 5 amide bonds. The van der Waals surface area contributed by atoms with Crippen molar-refractivity contribution in [1.82, 2.24) is 35.3 Å². The molecule has 6 rings (SSSR count). The number of hydrogen-bond donors (Lipinski definition) is 5. The van der Waals surface area contributed by atoms with Crippen LogP contribution in [-0.2, 0) is 55.8 Å². The molecule has 18 nitrogen and oxygen atoms in total. The van der Waals surface area contributed by atoms with Gasteiger partial charge in [-0.25, -0.2) is 13.6 Å². The second-order valence-corrected chi connectivity index (χ2v) is 20.8. The number of H-pyrrole nitrogens is 2. The van der Waals surface area contributed by atoms with Gasteiger partial charge in [-0.15, -0.1) is 0 Å². The molecule has 2 aliphatic heterocycles. The lowest BCUT2D eigenvalue weighted by atomic mass is 10.00. The summed E-state index contributed by atoms with van der Waals surface area (Å²) in [5, 5.41) is 18.3. The van der Waals surface area contributed by atoms with E-state index in [2.05, 4.69) is 20.6 Å². The third kappa shape index (κ3) is 14.2. The zero-order chi connectivity index (χ0) is 55.1. The minimum atomic E-state index is -1.12.